The summed E-state index contributed by atoms with van der Waals surface area (Å²) in [7, 11) is 1.96. The summed E-state index contributed by atoms with van der Waals surface area (Å²) in [6.07, 6.45) is 4.35. The molecule has 2 rings (SSSR count). The Morgan fingerprint density at radius 1 is 1.40 bits per heavy atom. The van der Waals surface area contributed by atoms with Crippen LogP contribution in [0.3, 0.4) is 0 Å². The van der Waals surface area contributed by atoms with Gasteiger partial charge >= 0.3 is 0 Å². The van der Waals surface area contributed by atoms with E-state index in [-0.39, 0.29) is 0 Å². The van der Waals surface area contributed by atoms with Crippen LogP contribution >= 0.6 is 11.6 Å². The molecule has 0 atom stereocenters. The van der Waals surface area contributed by atoms with Gasteiger partial charge in [0.2, 0.25) is 5.28 Å². The first-order chi connectivity index (χ1) is 7.15. The monoisotopic (exact) mass is 222 g/mol. The number of rotatable bonds is 2. The highest BCUT2D eigenvalue weighted by Gasteiger charge is 2.04. The van der Waals surface area contributed by atoms with Gasteiger partial charge in [-0.05, 0) is 24.6 Å². The molecule has 0 aliphatic rings. The van der Waals surface area contributed by atoms with Crippen molar-refractivity contribution in [2.45, 2.75) is 13.3 Å². The number of aryl methyl sites for hydroxylation is 2. The lowest BCUT2D eigenvalue weighted by Crippen LogP contribution is -2.02. The Bertz CT molecular complexity index is 458. The van der Waals surface area contributed by atoms with Gasteiger partial charge in [0.1, 0.15) is 5.82 Å². The van der Waals surface area contributed by atoms with Crippen LogP contribution in [-0.2, 0) is 13.5 Å². The molecular weight excluding hydrogens is 212 g/mol. The van der Waals surface area contributed by atoms with Crippen LogP contribution in [0, 0.1) is 6.92 Å². The fourth-order valence-corrected chi connectivity index (χ4v) is 1.66. The van der Waals surface area contributed by atoms with Gasteiger partial charge in [-0.15, -0.1) is 0 Å². The average Bonchev–Trinajstić information content (AvgIpc) is 2.50. The number of imidazole rings is 1. The van der Waals surface area contributed by atoms with Crippen molar-refractivity contribution in [3.8, 4) is 0 Å². The first-order valence-corrected chi connectivity index (χ1v) is 4.99. The maximum Gasteiger partial charge on any atom is 0.222 e. The van der Waals surface area contributed by atoms with Crippen molar-refractivity contribution in [3.05, 3.63) is 41.0 Å². The van der Waals surface area contributed by atoms with E-state index in [1.807, 2.05) is 30.8 Å². The minimum atomic E-state index is 0.291. The highest BCUT2D eigenvalue weighted by Crippen LogP contribution is 2.09. The molecular formula is C10H11ClN4. The van der Waals surface area contributed by atoms with Gasteiger partial charge in [0, 0.05) is 31.6 Å². The molecule has 2 aromatic rings. The highest BCUT2D eigenvalue weighted by atomic mass is 35.5. The zero-order valence-electron chi connectivity index (χ0n) is 8.61. The van der Waals surface area contributed by atoms with Crippen LogP contribution < -0.4 is 0 Å². The topological polar surface area (TPSA) is 43.6 Å². The number of halogens is 1. The summed E-state index contributed by atoms with van der Waals surface area (Å²) >= 11 is 5.78. The first kappa shape index (κ1) is 10.1. The fourth-order valence-electron chi connectivity index (χ4n) is 1.41. The van der Waals surface area contributed by atoms with Crippen LogP contribution in [0.1, 0.15) is 17.2 Å². The van der Waals surface area contributed by atoms with Crippen LogP contribution in [0.2, 0.25) is 5.28 Å². The molecule has 15 heavy (non-hydrogen) atoms. The molecule has 0 spiro atoms. The Labute approximate surface area is 93.0 Å². The van der Waals surface area contributed by atoms with Gasteiger partial charge in [0.05, 0.1) is 5.69 Å². The molecule has 0 fully saturated rings. The summed E-state index contributed by atoms with van der Waals surface area (Å²) in [5, 5.41) is 0.291. The molecule has 0 aliphatic heterocycles. The van der Waals surface area contributed by atoms with Crippen molar-refractivity contribution in [1.82, 2.24) is 19.5 Å². The van der Waals surface area contributed by atoms with Gasteiger partial charge in [-0.2, -0.15) is 0 Å². The van der Waals surface area contributed by atoms with Crippen molar-refractivity contribution in [2.24, 2.45) is 7.05 Å². The van der Waals surface area contributed by atoms with Crippen LogP contribution in [0.5, 0.6) is 0 Å². The summed E-state index contributed by atoms with van der Waals surface area (Å²) in [5.41, 5.74) is 1.76. The summed E-state index contributed by atoms with van der Waals surface area (Å²) in [4.78, 5) is 12.4. The molecule has 5 heteroatoms. The molecule has 2 aromatic heterocycles. The summed E-state index contributed by atoms with van der Waals surface area (Å²) < 4.78 is 1.96. The molecule has 0 saturated heterocycles. The number of hydrogen-bond donors (Lipinski definition) is 0. The number of aromatic nitrogens is 4. The van der Waals surface area contributed by atoms with Gasteiger partial charge in [-0.3, -0.25) is 0 Å². The fraction of sp³-hybridized carbons (Fsp3) is 0.300. The number of nitrogens with zero attached hydrogens (tertiary/aromatic N) is 4. The summed E-state index contributed by atoms with van der Waals surface area (Å²) in [6, 6.07) is 1.92. The second-order valence-electron chi connectivity index (χ2n) is 3.40. The lowest BCUT2D eigenvalue weighted by molar-refractivity contribution is 0.807. The van der Waals surface area contributed by atoms with Crippen LogP contribution in [0.4, 0.5) is 0 Å². The summed E-state index contributed by atoms with van der Waals surface area (Å²) in [5.74, 6) is 0.962. The van der Waals surface area contributed by atoms with Gasteiger partial charge in [-0.25, -0.2) is 15.0 Å². The second-order valence-corrected chi connectivity index (χ2v) is 3.74. The van der Waals surface area contributed by atoms with Crippen LogP contribution in [0.25, 0.3) is 0 Å². The van der Waals surface area contributed by atoms with E-state index in [0.717, 1.165) is 17.2 Å². The number of hydrogen-bond acceptors (Lipinski definition) is 3. The van der Waals surface area contributed by atoms with Crippen molar-refractivity contribution in [1.29, 1.82) is 0 Å². The molecule has 2 heterocycles. The Balaban J connectivity index is 2.28. The standard InChI is InChI=1S/C10H11ClN4/c1-7-5-8(14-10(11)13-7)6-9-12-3-4-15(9)2/h3-5H,6H2,1-2H3. The van der Waals surface area contributed by atoms with Crippen LogP contribution in [-0.4, -0.2) is 19.5 Å². The molecule has 0 unspecified atom stereocenters. The van der Waals surface area contributed by atoms with Gasteiger partial charge in [0.15, 0.2) is 0 Å². The Morgan fingerprint density at radius 3 is 2.80 bits per heavy atom. The smallest absolute Gasteiger partial charge is 0.222 e. The van der Waals surface area contributed by atoms with Gasteiger partial charge in [0.25, 0.3) is 0 Å². The SMILES string of the molecule is Cc1cc(Cc2nccn2C)nc(Cl)n1. The third kappa shape index (κ3) is 2.33. The zero-order valence-corrected chi connectivity index (χ0v) is 9.36. The molecule has 0 amide bonds. The van der Waals surface area contributed by atoms with Gasteiger partial charge in [-0.1, -0.05) is 0 Å². The van der Waals surface area contributed by atoms with Crippen molar-refractivity contribution in [2.75, 3.05) is 0 Å². The van der Waals surface area contributed by atoms with E-state index < -0.39 is 0 Å². The average molecular weight is 223 g/mol. The predicted molar refractivity (Wildman–Crippen MR) is 57.8 cm³/mol. The third-order valence-corrected chi connectivity index (χ3v) is 2.31. The lowest BCUT2D eigenvalue weighted by Gasteiger charge is -2.02. The van der Waals surface area contributed by atoms with E-state index in [0.29, 0.717) is 11.7 Å². The molecule has 0 aliphatic carbocycles. The van der Waals surface area contributed by atoms with Crippen LogP contribution in [0.15, 0.2) is 18.5 Å². The second kappa shape index (κ2) is 3.98. The van der Waals surface area contributed by atoms with E-state index in [1.165, 1.54) is 0 Å². The maximum absolute atomic E-state index is 5.78. The third-order valence-electron chi connectivity index (χ3n) is 2.14. The molecule has 0 radical (unpaired) electrons. The normalized spacial score (nSPS) is 10.6. The van der Waals surface area contributed by atoms with E-state index in [4.69, 9.17) is 11.6 Å². The molecule has 0 N–H and O–H groups in total. The van der Waals surface area contributed by atoms with Gasteiger partial charge < -0.3 is 4.57 Å². The highest BCUT2D eigenvalue weighted by molar-refractivity contribution is 6.28. The molecule has 4 nitrogen and oxygen atoms in total. The quantitative estimate of drug-likeness (QED) is 0.728. The Kier molecular flexibility index (Phi) is 2.68. The lowest BCUT2D eigenvalue weighted by atomic mass is 10.2. The molecule has 0 aromatic carbocycles. The first-order valence-electron chi connectivity index (χ1n) is 4.61. The Hall–Kier alpha value is -1.42. The summed E-state index contributed by atoms with van der Waals surface area (Å²) in [6.45, 7) is 1.90. The Morgan fingerprint density at radius 2 is 2.20 bits per heavy atom. The van der Waals surface area contributed by atoms with E-state index in [2.05, 4.69) is 15.0 Å². The van der Waals surface area contributed by atoms with E-state index >= 15 is 0 Å². The maximum atomic E-state index is 5.78. The van der Waals surface area contributed by atoms with E-state index in [1.54, 1.807) is 6.20 Å². The zero-order chi connectivity index (χ0) is 10.8. The predicted octanol–water partition coefficient (Wildman–Crippen LogP) is 1.76. The molecule has 78 valence electrons. The van der Waals surface area contributed by atoms with Crippen molar-refractivity contribution < 1.29 is 0 Å². The van der Waals surface area contributed by atoms with Crippen molar-refractivity contribution >= 4 is 11.6 Å². The minimum absolute atomic E-state index is 0.291. The minimum Gasteiger partial charge on any atom is -0.338 e. The van der Waals surface area contributed by atoms with E-state index in [9.17, 15) is 0 Å². The largest absolute Gasteiger partial charge is 0.338 e. The molecule has 0 bridgehead atoms. The van der Waals surface area contributed by atoms with Crippen molar-refractivity contribution in [3.63, 3.8) is 0 Å². The molecule has 0 saturated carbocycles.